The highest BCUT2D eigenvalue weighted by atomic mass is 79.9. The van der Waals surface area contributed by atoms with Crippen LogP contribution in [-0.4, -0.2) is 23.2 Å². The number of halogens is 3. The average Bonchev–Trinajstić information content (AvgIpc) is 2.93. The van der Waals surface area contributed by atoms with Crippen LogP contribution in [0.1, 0.15) is 30.7 Å². The molecule has 30 heavy (non-hydrogen) atoms. The molecule has 0 fully saturated rings. The van der Waals surface area contributed by atoms with Crippen molar-refractivity contribution in [3.63, 3.8) is 0 Å². The van der Waals surface area contributed by atoms with Gasteiger partial charge in [0.2, 0.25) is 0 Å². The van der Waals surface area contributed by atoms with Gasteiger partial charge >= 0.3 is 0 Å². The maximum Gasteiger partial charge on any atom is 0.261 e. The number of rotatable bonds is 4. The number of aromatic nitrogens is 3. The number of fused-ring (bicyclic) bond motifs is 1. The maximum absolute atomic E-state index is 14.6. The Kier molecular flexibility index (Phi) is 5.63. The third-order valence-corrected chi connectivity index (χ3v) is 7.34. The van der Waals surface area contributed by atoms with E-state index in [0.717, 1.165) is 42.0 Å². The van der Waals surface area contributed by atoms with Crippen molar-refractivity contribution in [1.82, 2.24) is 14.8 Å². The number of anilines is 1. The zero-order valence-electron chi connectivity index (χ0n) is 16.1. The summed E-state index contributed by atoms with van der Waals surface area (Å²) >= 11 is 3.32. The number of nitrogens with one attached hydrogen (secondary N) is 1. The SMILES string of the molecule is Cc1cc(S(=O)(=O)Nc2cc(-c3nnc4n3CCCCC4)c(F)cc2F)ccc1Br. The zero-order chi connectivity index (χ0) is 21.5. The third-order valence-electron chi connectivity index (χ3n) is 5.09. The van der Waals surface area contributed by atoms with Crippen molar-refractivity contribution in [1.29, 1.82) is 0 Å². The number of sulfonamides is 1. The molecule has 0 amide bonds. The number of nitrogens with zero attached hydrogens (tertiary/aromatic N) is 3. The molecule has 0 atom stereocenters. The molecule has 0 aliphatic carbocycles. The van der Waals surface area contributed by atoms with Crippen LogP contribution in [0.3, 0.4) is 0 Å². The molecule has 0 saturated heterocycles. The van der Waals surface area contributed by atoms with Crippen molar-refractivity contribution in [2.45, 2.75) is 44.0 Å². The lowest BCUT2D eigenvalue weighted by Gasteiger charge is -2.13. The van der Waals surface area contributed by atoms with E-state index < -0.39 is 21.7 Å². The molecule has 0 unspecified atom stereocenters. The highest BCUT2D eigenvalue weighted by molar-refractivity contribution is 9.10. The van der Waals surface area contributed by atoms with Gasteiger partial charge in [0.15, 0.2) is 5.82 Å². The topological polar surface area (TPSA) is 76.9 Å². The van der Waals surface area contributed by atoms with Crippen molar-refractivity contribution in [2.75, 3.05) is 4.72 Å². The molecule has 0 bridgehead atoms. The van der Waals surface area contributed by atoms with Gasteiger partial charge in [0.05, 0.1) is 16.1 Å². The molecule has 6 nitrogen and oxygen atoms in total. The average molecular weight is 497 g/mol. The molecule has 1 aromatic heterocycles. The number of aryl methyl sites for hydroxylation is 2. The van der Waals surface area contributed by atoms with Gasteiger partial charge in [-0.15, -0.1) is 10.2 Å². The molecule has 0 spiro atoms. The Hall–Kier alpha value is -2.33. The van der Waals surface area contributed by atoms with E-state index in [1.807, 2.05) is 4.57 Å². The van der Waals surface area contributed by atoms with E-state index in [1.165, 1.54) is 12.1 Å². The summed E-state index contributed by atoms with van der Waals surface area (Å²) in [4.78, 5) is -0.0233. The Balaban J connectivity index is 1.74. The number of hydrogen-bond donors (Lipinski definition) is 1. The smallest absolute Gasteiger partial charge is 0.261 e. The van der Waals surface area contributed by atoms with Gasteiger partial charge in [-0.05, 0) is 49.6 Å². The Labute approximate surface area is 181 Å². The summed E-state index contributed by atoms with van der Waals surface area (Å²) in [6.07, 6.45) is 3.65. The van der Waals surface area contributed by atoms with E-state index in [9.17, 15) is 17.2 Å². The standard InChI is InChI=1S/C20H19BrF2N4O2S/c1-12-9-13(6-7-15(12)21)30(28,29)26-18-10-14(16(22)11-17(18)23)20-25-24-19-5-3-2-4-8-27(19)20/h6-7,9-11,26H,2-5,8H2,1H3. The summed E-state index contributed by atoms with van der Waals surface area (Å²) in [6.45, 7) is 2.38. The molecule has 1 aliphatic rings. The number of benzene rings is 2. The molecule has 4 rings (SSSR count). The second-order valence-electron chi connectivity index (χ2n) is 7.23. The quantitative estimate of drug-likeness (QED) is 0.561. The lowest BCUT2D eigenvalue weighted by molar-refractivity contribution is 0.581. The van der Waals surface area contributed by atoms with Crippen molar-refractivity contribution in [3.05, 3.63) is 57.8 Å². The highest BCUT2D eigenvalue weighted by Gasteiger charge is 2.23. The van der Waals surface area contributed by atoms with Gasteiger partial charge in [0.1, 0.15) is 17.5 Å². The van der Waals surface area contributed by atoms with E-state index >= 15 is 0 Å². The summed E-state index contributed by atoms with van der Waals surface area (Å²) in [7, 11) is -4.07. The molecule has 1 aliphatic heterocycles. The molecule has 2 heterocycles. The fraction of sp³-hybridized carbons (Fsp3) is 0.300. The first-order valence-electron chi connectivity index (χ1n) is 9.47. The molecule has 158 valence electrons. The van der Waals surface area contributed by atoms with Crippen molar-refractivity contribution >= 4 is 31.6 Å². The third kappa shape index (κ3) is 3.98. The van der Waals surface area contributed by atoms with Crippen molar-refractivity contribution < 1.29 is 17.2 Å². The van der Waals surface area contributed by atoms with Crippen LogP contribution in [0.4, 0.5) is 14.5 Å². The Morgan fingerprint density at radius 3 is 2.63 bits per heavy atom. The van der Waals surface area contributed by atoms with E-state index in [4.69, 9.17) is 0 Å². The molecule has 0 saturated carbocycles. The van der Waals surface area contributed by atoms with Crippen LogP contribution in [0, 0.1) is 18.6 Å². The second kappa shape index (κ2) is 8.07. The first-order chi connectivity index (χ1) is 14.3. The molecule has 2 aromatic carbocycles. The molecule has 0 radical (unpaired) electrons. The first kappa shape index (κ1) is 20.9. The summed E-state index contributed by atoms with van der Waals surface area (Å²) in [5.41, 5.74) is 0.365. The van der Waals surface area contributed by atoms with Gasteiger partial charge in [-0.25, -0.2) is 17.2 Å². The maximum atomic E-state index is 14.6. The second-order valence-corrected chi connectivity index (χ2v) is 9.77. The molecule has 1 N–H and O–H groups in total. The predicted molar refractivity (Wildman–Crippen MR) is 113 cm³/mol. The van der Waals surface area contributed by atoms with E-state index in [1.54, 1.807) is 13.0 Å². The predicted octanol–water partition coefficient (Wildman–Crippen LogP) is 4.82. The summed E-state index contributed by atoms with van der Waals surface area (Å²) in [6, 6.07) is 6.27. The fourth-order valence-electron chi connectivity index (χ4n) is 3.47. The number of hydrogen-bond acceptors (Lipinski definition) is 4. The van der Waals surface area contributed by atoms with Crippen molar-refractivity contribution in [2.24, 2.45) is 0 Å². The van der Waals surface area contributed by atoms with Crippen LogP contribution in [0.2, 0.25) is 0 Å². The molecular formula is C20H19BrF2N4O2S. The largest absolute Gasteiger partial charge is 0.311 e. The first-order valence-corrected chi connectivity index (χ1v) is 11.7. The molecule has 10 heteroatoms. The molecule has 3 aromatic rings. The Morgan fingerprint density at radius 2 is 1.87 bits per heavy atom. The minimum atomic E-state index is -4.07. The minimum absolute atomic E-state index is 0.00161. The van der Waals surface area contributed by atoms with E-state index in [2.05, 4.69) is 30.8 Å². The van der Waals surface area contributed by atoms with Gasteiger partial charge in [-0.2, -0.15) is 0 Å². The van der Waals surface area contributed by atoms with Crippen molar-refractivity contribution in [3.8, 4) is 11.4 Å². The lowest BCUT2D eigenvalue weighted by atomic mass is 10.1. The Bertz CT molecular complexity index is 1230. The zero-order valence-corrected chi connectivity index (χ0v) is 18.5. The van der Waals surface area contributed by atoms with Crippen LogP contribution in [0.5, 0.6) is 0 Å². The summed E-state index contributed by atoms with van der Waals surface area (Å²) in [5.74, 6) is -0.818. The summed E-state index contributed by atoms with van der Waals surface area (Å²) < 4.78 is 59.4. The van der Waals surface area contributed by atoms with E-state index in [0.29, 0.717) is 18.2 Å². The van der Waals surface area contributed by atoms with Crippen LogP contribution < -0.4 is 4.72 Å². The van der Waals surface area contributed by atoms with Gasteiger partial charge in [-0.3, -0.25) is 4.72 Å². The monoisotopic (exact) mass is 496 g/mol. The highest BCUT2D eigenvalue weighted by Crippen LogP contribution is 2.31. The Morgan fingerprint density at radius 1 is 1.07 bits per heavy atom. The fourth-order valence-corrected chi connectivity index (χ4v) is 4.86. The van der Waals surface area contributed by atoms with Gasteiger partial charge in [0, 0.05) is 23.5 Å². The summed E-state index contributed by atoms with van der Waals surface area (Å²) in [5, 5.41) is 8.22. The van der Waals surface area contributed by atoms with Gasteiger partial charge in [0.25, 0.3) is 10.0 Å². The van der Waals surface area contributed by atoms with Crippen LogP contribution in [-0.2, 0) is 23.0 Å². The minimum Gasteiger partial charge on any atom is -0.311 e. The van der Waals surface area contributed by atoms with Gasteiger partial charge in [-0.1, -0.05) is 22.4 Å². The van der Waals surface area contributed by atoms with Gasteiger partial charge < -0.3 is 4.57 Å². The normalized spacial score (nSPS) is 14.3. The molecular weight excluding hydrogens is 478 g/mol. The lowest BCUT2D eigenvalue weighted by Crippen LogP contribution is -2.15. The van der Waals surface area contributed by atoms with Crippen LogP contribution >= 0.6 is 15.9 Å². The van der Waals surface area contributed by atoms with Crippen LogP contribution in [0.15, 0.2) is 39.7 Å². The van der Waals surface area contributed by atoms with Crippen LogP contribution in [0.25, 0.3) is 11.4 Å². The van der Waals surface area contributed by atoms with E-state index in [-0.39, 0.29) is 22.0 Å².